The molecule has 0 bridgehead atoms. The number of nitrogens with zero attached hydrogens (tertiary/aromatic N) is 1. The maximum absolute atomic E-state index is 12.5. The summed E-state index contributed by atoms with van der Waals surface area (Å²) in [4.78, 5) is 0. The highest BCUT2D eigenvalue weighted by molar-refractivity contribution is 7.95. The van der Waals surface area contributed by atoms with Gasteiger partial charge in [-0.15, -0.1) is 0 Å². The van der Waals surface area contributed by atoms with Crippen LogP contribution in [-0.2, 0) is 9.73 Å². The van der Waals surface area contributed by atoms with E-state index in [0.29, 0.717) is 0 Å². The van der Waals surface area contributed by atoms with Gasteiger partial charge in [0.1, 0.15) is 0 Å². The topological polar surface area (TPSA) is 29.4 Å². The summed E-state index contributed by atoms with van der Waals surface area (Å²) in [6.07, 6.45) is 1.02. The third kappa shape index (κ3) is 3.13. The summed E-state index contributed by atoms with van der Waals surface area (Å²) in [6.45, 7) is 0. The predicted octanol–water partition coefficient (Wildman–Crippen LogP) is 5.52. The molecule has 3 heteroatoms. The second-order valence-electron chi connectivity index (χ2n) is 6.13. The van der Waals surface area contributed by atoms with Gasteiger partial charge in [0.2, 0.25) is 0 Å². The van der Waals surface area contributed by atoms with E-state index in [1.807, 2.05) is 48.5 Å². The van der Waals surface area contributed by atoms with Gasteiger partial charge in [0.25, 0.3) is 0 Å². The highest BCUT2D eigenvalue weighted by Crippen LogP contribution is 2.33. The standard InChI is InChI=1S/C21H19NOS/c23-24(12-7-13-24)22-21-15-19(17-8-3-1-4-9-17)14-20(16-21)18-10-5-2-6-11-18/h1-6,8-11,14-16H,7,12-13H2. The number of rotatable bonds is 3. The lowest BCUT2D eigenvalue weighted by Gasteiger charge is -2.18. The van der Waals surface area contributed by atoms with E-state index in [1.165, 1.54) is 0 Å². The van der Waals surface area contributed by atoms with Crippen molar-refractivity contribution in [1.29, 1.82) is 0 Å². The van der Waals surface area contributed by atoms with Crippen LogP contribution in [0.3, 0.4) is 0 Å². The van der Waals surface area contributed by atoms with E-state index in [1.54, 1.807) is 0 Å². The molecule has 0 atom stereocenters. The largest absolute Gasteiger partial charge is 0.249 e. The molecule has 3 aromatic carbocycles. The van der Waals surface area contributed by atoms with Crippen molar-refractivity contribution in [3.63, 3.8) is 0 Å². The van der Waals surface area contributed by atoms with Crippen LogP contribution in [-0.4, -0.2) is 15.7 Å². The first kappa shape index (κ1) is 15.2. The first-order valence-electron chi connectivity index (χ1n) is 8.20. The SMILES string of the molecule is O=S1(=Nc2cc(-c3ccccc3)cc(-c3ccccc3)c2)CCC1. The Labute approximate surface area is 143 Å². The fraction of sp³-hybridized carbons (Fsp3) is 0.143. The zero-order valence-electron chi connectivity index (χ0n) is 13.4. The zero-order valence-corrected chi connectivity index (χ0v) is 14.2. The smallest absolute Gasteiger partial charge is 0.0742 e. The third-order valence-corrected chi connectivity index (χ3v) is 6.73. The van der Waals surface area contributed by atoms with E-state index in [2.05, 4.69) is 34.7 Å². The van der Waals surface area contributed by atoms with Gasteiger partial charge in [-0.25, -0.2) is 4.21 Å². The molecule has 1 aliphatic heterocycles. The van der Waals surface area contributed by atoms with E-state index < -0.39 is 9.73 Å². The molecule has 0 amide bonds. The monoisotopic (exact) mass is 333 g/mol. The fourth-order valence-electron chi connectivity index (χ4n) is 2.93. The van der Waals surface area contributed by atoms with Crippen LogP contribution in [0.15, 0.2) is 83.2 Å². The first-order valence-corrected chi connectivity index (χ1v) is 10.1. The van der Waals surface area contributed by atoms with Crippen molar-refractivity contribution < 1.29 is 4.21 Å². The van der Waals surface area contributed by atoms with Crippen molar-refractivity contribution in [3.05, 3.63) is 78.9 Å². The Morgan fingerprint density at radius 1 is 0.667 bits per heavy atom. The Morgan fingerprint density at radius 2 is 1.17 bits per heavy atom. The minimum atomic E-state index is -2.01. The van der Waals surface area contributed by atoms with Crippen LogP contribution in [0.5, 0.6) is 0 Å². The molecule has 0 aliphatic carbocycles. The summed E-state index contributed by atoms with van der Waals surface area (Å²) in [5.41, 5.74) is 5.33. The molecule has 3 aromatic rings. The third-order valence-electron chi connectivity index (χ3n) is 4.33. The van der Waals surface area contributed by atoms with Crippen LogP contribution < -0.4 is 0 Å². The van der Waals surface area contributed by atoms with E-state index >= 15 is 0 Å². The Balaban J connectivity index is 1.88. The fourth-order valence-corrected chi connectivity index (χ4v) is 4.39. The summed E-state index contributed by atoms with van der Waals surface area (Å²) in [5, 5.41) is 0. The van der Waals surface area contributed by atoms with Crippen molar-refractivity contribution in [2.75, 3.05) is 11.5 Å². The first-order chi connectivity index (χ1) is 11.7. The van der Waals surface area contributed by atoms with E-state index in [9.17, 15) is 4.21 Å². The van der Waals surface area contributed by atoms with Crippen LogP contribution in [0.1, 0.15) is 6.42 Å². The predicted molar refractivity (Wildman–Crippen MR) is 102 cm³/mol. The molecule has 0 unspecified atom stereocenters. The summed E-state index contributed by atoms with van der Waals surface area (Å²) in [5.74, 6) is 1.45. The molecule has 0 saturated carbocycles. The van der Waals surface area contributed by atoms with Crippen molar-refractivity contribution in [2.24, 2.45) is 4.36 Å². The van der Waals surface area contributed by atoms with Gasteiger partial charge in [-0.3, -0.25) is 0 Å². The molecule has 4 rings (SSSR count). The molecule has 1 heterocycles. The molecule has 0 N–H and O–H groups in total. The van der Waals surface area contributed by atoms with Crippen LogP contribution in [0.2, 0.25) is 0 Å². The van der Waals surface area contributed by atoms with Crippen molar-refractivity contribution in [2.45, 2.75) is 6.42 Å². The van der Waals surface area contributed by atoms with E-state index in [0.717, 1.165) is 45.9 Å². The average Bonchev–Trinajstić information content (AvgIpc) is 2.62. The molecule has 24 heavy (non-hydrogen) atoms. The summed E-state index contributed by atoms with van der Waals surface area (Å²) < 4.78 is 17.1. The highest BCUT2D eigenvalue weighted by Gasteiger charge is 2.19. The molecule has 120 valence electrons. The number of benzene rings is 3. The minimum Gasteiger partial charge on any atom is -0.249 e. The van der Waals surface area contributed by atoms with E-state index in [-0.39, 0.29) is 0 Å². The lowest BCUT2D eigenvalue weighted by molar-refractivity contribution is 0.663. The molecule has 1 fully saturated rings. The normalized spacial score (nSPS) is 15.5. The Kier molecular flexibility index (Phi) is 3.95. The molecule has 1 saturated heterocycles. The van der Waals surface area contributed by atoms with Gasteiger partial charge in [0, 0.05) is 11.5 Å². The molecule has 2 nitrogen and oxygen atoms in total. The van der Waals surface area contributed by atoms with Crippen LogP contribution in [0.4, 0.5) is 5.69 Å². The Bertz CT molecular complexity index is 903. The van der Waals surface area contributed by atoms with Crippen LogP contribution >= 0.6 is 0 Å². The second-order valence-corrected chi connectivity index (χ2v) is 8.67. The molecule has 0 spiro atoms. The molecular formula is C21H19NOS. The average molecular weight is 333 g/mol. The van der Waals surface area contributed by atoms with Crippen molar-refractivity contribution >= 4 is 15.4 Å². The minimum absolute atomic E-state index is 0.725. The van der Waals surface area contributed by atoms with Gasteiger partial charge in [-0.05, 0) is 46.9 Å². The lowest BCUT2D eigenvalue weighted by Crippen LogP contribution is -2.22. The van der Waals surface area contributed by atoms with Crippen molar-refractivity contribution in [3.8, 4) is 22.3 Å². The van der Waals surface area contributed by atoms with Crippen molar-refractivity contribution in [1.82, 2.24) is 0 Å². The number of hydrogen-bond donors (Lipinski definition) is 0. The molecule has 0 radical (unpaired) electrons. The molecular weight excluding hydrogens is 314 g/mol. The summed E-state index contributed by atoms with van der Waals surface area (Å²) in [6, 6.07) is 26.8. The van der Waals surface area contributed by atoms with E-state index in [4.69, 9.17) is 0 Å². The Hall–Kier alpha value is -2.39. The summed E-state index contributed by atoms with van der Waals surface area (Å²) >= 11 is 0. The van der Waals surface area contributed by atoms with Gasteiger partial charge in [0.05, 0.1) is 15.4 Å². The molecule has 1 aliphatic rings. The molecule has 0 aromatic heterocycles. The lowest BCUT2D eigenvalue weighted by atomic mass is 9.98. The zero-order chi connectivity index (χ0) is 16.4. The van der Waals surface area contributed by atoms with Gasteiger partial charge in [-0.2, -0.15) is 4.36 Å². The summed E-state index contributed by atoms with van der Waals surface area (Å²) in [7, 11) is -2.01. The van der Waals surface area contributed by atoms with Crippen LogP contribution in [0.25, 0.3) is 22.3 Å². The maximum atomic E-state index is 12.5. The second kappa shape index (κ2) is 6.25. The number of hydrogen-bond acceptors (Lipinski definition) is 2. The van der Waals surface area contributed by atoms with Gasteiger partial charge < -0.3 is 0 Å². The Morgan fingerprint density at radius 3 is 1.58 bits per heavy atom. The highest BCUT2D eigenvalue weighted by atomic mass is 32.2. The quantitative estimate of drug-likeness (QED) is 0.620. The van der Waals surface area contributed by atoms with Crippen LogP contribution in [0, 0.1) is 0 Å². The van der Waals surface area contributed by atoms with Gasteiger partial charge in [-0.1, -0.05) is 60.7 Å². The maximum Gasteiger partial charge on any atom is 0.0742 e. The van der Waals surface area contributed by atoms with Gasteiger partial charge >= 0.3 is 0 Å². The van der Waals surface area contributed by atoms with Gasteiger partial charge in [0.15, 0.2) is 0 Å².